The molecule has 0 atom stereocenters. The molecule has 0 amide bonds. The van der Waals surface area contributed by atoms with E-state index < -0.39 is 0 Å². The molecular weight excluding hydrogens is 418 g/mol. The third-order valence-corrected chi connectivity index (χ3v) is 5.65. The number of nitrogens with zero attached hydrogens (tertiary/aromatic N) is 3. The number of rotatable bonds is 6. The van der Waals surface area contributed by atoms with E-state index in [1.54, 1.807) is 12.1 Å². The van der Waals surface area contributed by atoms with Gasteiger partial charge in [-0.25, -0.2) is 0 Å². The summed E-state index contributed by atoms with van der Waals surface area (Å²) in [5.41, 5.74) is 5.46. The third kappa shape index (κ3) is 4.39. The Labute approximate surface area is 191 Å². The Balaban J connectivity index is 1.77. The van der Waals surface area contributed by atoms with E-state index in [4.69, 9.17) is 22.2 Å². The molecule has 158 valence electrons. The zero-order chi connectivity index (χ0) is 22.5. The highest BCUT2D eigenvalue weighted by Gasteiger charge is 2.14. The summed E-state index contributed by atoms with van der Waals surface area (Å²) in [6, 6.07) is 27.6. The second-order valence-electron chi connectivity index (χ2n) is 7.27. The molecule has 5 nitrogen and oxygen atoms in total. The summed E-state index contributed by atoms with van der Waals surface area (Å²) in [4.78, 5) is 11.4. The summed E-state index contributed by atoms with van der Waals surface area (Å²) in [6.07, 6.45) is 2.99. The number of hydrogen-bond acceptors (Lipinski definition) is 4. The Bertz CT molecular complexity index is 1330. The molecule has 0 aliphatic heterocycles. The van der Waals surface area contributed by atoms with Crippen molar-refractivity contribution in [3.63, 3.8) is 0 Å². The molecule has 4 rings (SSSR count). The minimum absolute atomic E-state index is 0.219. The van der Waals surface area contributed by atoms with Crippen molar-refractivity contribution in [2.45, 2.75) is 12.8 Å². The van der Waals surface area contributed by atoms with Crippen LogP contribution in [0.15, 0.2) is 85.1 Å². The number of methoxy groups -OCH3 is 1. The van der Waals surface area contributed by atoms with Gasteiger partial charge in [-0.3, -0.25) is 13.9 Å². The molecule has 0 saturated carbocycles. The lowest BCUT2D eigenvalue weighted by Gasteiger charge is -2.08. The van der Waals surface area contributed by atoms with Crippen LogP contribution < -0.4 is 0 Å². The molecule has 0 fully saturated rings. The van der Waals surface area contributed by atoms with Crippen molar-refractivity contribution in [3.8, 4) is 28.7 Å². The first-order valence-corrected chi connectivity index (χ1v) is 10.6. The van der Waals surface area contributed by atoms with Crippen LogP contribution in [0, 0.1) is 16.1 Å². The Morgan fingerprint density at radius 2 is 1.66 bits per heavy atom. The van der Waals surface area contributed by atoms with Gasteiger partial charge in [-0.15, -0.1) is 0 Å². The topological polar surface area (TPSA) is 59.9 Å². The number of nitriles is 1. The Morgan fingerprint density at radius 3 is 2.28 bits per heavy atom. The van der Waals surface area contributed by atoms with Crippen LogP contribution in [0.25, 0.3) is 22.6 Å². The van der Waals surface area contributed by atoms with Gasteiger partial charge in [-0.05, 0) is 60.6 Å². The number of hydrogen-bond donors (Lipinski definition) is 0. The van der Waals surface area contributed by atoms with Gasteiger partial charge in [0.15, 0.2) is 4.77 Å². The maximum atomic E-state index is 11.4. The maximum Gasteiger partial charge on any atom is 0.305 e. The molecule has 0 spiro atoms. The number of carbonyl (C=O) groups excluding carboxylic acids is 1. The first kappa shape index (κ1) is 21.3. The fourth-order valence-corrected chi connectivity index (χ4v) is 3.91. The molecule has 3 aromatic carbocycles. The lowest BCUT2D eigenvalue weighted by atomic mass is 10.1. The van der Waals surface area contributed by atoms with Crippen molar-refractivity contribution < 1.29 is 9.53 Å². The van der Waals surface area contributed by atoms with Crippen LogP contribution >= 0.6 is 12.2 Å². The summed E-state index contributed by atoms with van der Waals surface area (Å²) in [5.74, 6) is -0.219. The monoisotopic (exact) mass is 439 g/mol. The van der Waals surface area contributed by atoms with Crippen LogP contribution in [0.5, 0.6) is 0 Å². The Morgan fingerprint density at radius 1 is 0.969 bits per heavy atom. The molecule has 0 aliphatic rings. The predicted octanol–water partition coefficient (Wildman–Crippen LogP) is 5.64. The van der Waals surface area contributed by atoms with E-state index in [1.165, 1.54) is 7.11 Å². The lowest BCUT2D eigenvalue weighted by molar-refractivity contribution is -0.140. The van der Waals surface area contributed by atoms with Crippen molar-refractivity contribution in [2.75, 3.05) is 7.11 Å². The highest BCUT2D eigenvalue weighted by atomic mass is 32.1. The molecule has 0 bridgehead atoms. The summed E-state index contributed by atoms with van der Waals surface area (Å²) in [7, 11) is 1.40. The van der Waals surface area contributed by atoms with Gasteiger partial charge in [0.05, 0.1) is 24.4 Å². The normalized spacial score (nSPS) is 10.5. The molecule has 4 aromatic rings. The van der Waals surface area contributed by atoms with E-state index in [9.17, 15) is 4.79 Å². The van der Waals surface area contributed by atoms with E-state index in [-0.39, 0.29) is 5.97 Å². The average Bonchev–Trinajstić information content (AvgIpc) is 3.20. The van der Waals surface area contributed by atoms with Gasteiger partial charge in [-0.2, -0.15) is 5.26 Å². The van der Waals surface area contributed by atoms with Crippen molar-refractivity contribution >= 4 is 18.2 Å². The van der Waals surface area contributed by atoms with E-state index in [1.807, 2.05) is 82.1 Å². The second kappa shape index (κ2) is 9.46. The highest BCUT2D eigenvalue weighted by molar-refractivity contribution is 7.71. The predicted molar refractivity (Wildman–Crippen MR) is 126 cm³/mol. The molecule has 1 heterocycles. The molecule has 0 radical (unpaired) electrons. The van der Waals surface area contributed by atoms with Gasteiger partial charge in [0.2, 0.25) is 0 Å². The zero-order valence-electron chi connectivity index (χ0n) is 17.6. The van der Waals surface area contributed by atoms with Crippen LogP contribution in [-0.4, -0.2) is 22.2 Å². The van der Waals surface area contributed by atoms with Crippen molar-refractivity contribution in [1.82, 2.24) is 9.13 Å². The van der Waals surface area contributed by atoms with Gasteiger partial charge in [0, 0.05) is 29.6 Å². The van der Waals surface area contributed by atoms with Crippen molar-refractivity contribution in [3.05, 3.63) is 101 Å². The SMILES string of the molecule is COC(=O)CCc1ccc(-n2cc(-c3ccc(C#N)cc3)n(-c3ccccc3)c2=S)cc1. The van der Waals surface area contributed by atoms with Gasteiger partial charge in [-0.1, -0.05) is 42.5 Å². The minimum Gasteiger partial charge on any atom is -0.469 e. The fraction of sp³-hybridized carbons (Fsp3) is 0.115. The van der Waals surface area contributed by atoms with E-state index in [0.29, 0.717) is 23.2 Å². The Hall–Kier alpha value is -3.95. The van der Waals surface area contributed by atoms with E-state index in [0.717, 1.165) is 28.2 Å². The van der Waals surface area contributed by atoms with Gasteiger partial charge in [0.25, 0.3) is 0 Å². The fourth-order valence-electron chi connectivity index (χ4n) is 3.55. The van der Waals surface area contributed by atoms with Gasteiger partial charge >= 0.3 is 5.97 Å². The summed E-state index contributed by atoms with van der Waals surface area (Å²) < 4.78 is 9.36. The van der Waals surface area contributed by atoms with Gasteiger partial charge in [0.1, 0.15) is 0 Å². The standard InChI is InChI=1S/C26H21N3O2S/c1-31-25(30)16-11-19-9-14-22(15-10-19)28-18-24(21-12-7-20(17-27)8-13-21)29(26(28)32)23-5-3-2-4-6-23/h2-10,12-15,18H,11,16H2,1H3. The molecule has 1 aromatic heterocycles. The largest absolute Gasteiger partial charge is 0.469 e. The molecule has 0 aliphatic carbocycles. The van der Waals surface area contributed by atoms with Crippen LogP contribution in [0.3, 0.4) is 0 Å². The number of aromatic nitrogens is 2. The number of ether oxygens (including phenoxy) is 1. The third-order valence-electron chi connectivity index (χ3n) is 5.27. The van der Waals surface area contributed by atoms with Gasteiger partial charge < -0.3 is 4.74 Å². The molecule has 0 unspecified atom stereocenters. The number of carbonyl (C=O) groups is 1. The van der Waals surface area contributed by atoms with E-state index in [2.05, 4.69) is 6.07 Å². The number of benzene rings is 3. The van der Waals surface area contributed by atoms with Crippen LogP contribution in [0.4, 0.5) is 0 Å². The van der Waals surface area contributed by atoms with Crippen LogP contribution in [-0.2, 0) is 16.0 Å². The summed E-state index contributed by atoms with van der Waals surface area (Å²) in [5, 5.41) is 9.13. The quantitative estimate of drug-likeness (QED) is 0.288. The second-order valence-corrected chi connectivity index (χ2v) is 7.63. The zero-order valence-corrected chi connectivity index (χ0v) is 18.4. The Kier molecular flexibility index (Phi) is 6.29. The molecule has 32 heavy (non-hydrogen) atoms. The van der Waals surface area contributed by atoms with E-state index >= 15 is 0 Å². The molecule has 0 N–H and O–H groups in total. The smallest absolute Gasteiger partial charge is 0.305 e. The number of esters is 1. The average molecular weight is 440 g/mol. The van der Waals surface area contributed by atoms with Crippen molar-refractivity contribution in [1.29, 1.82) is 5.26 Å². The summed E-state index contributed by atoms with van der Waals surface area (Å²) in [6.45, 7) is 0. The number of aryl methyl sites for hydroxylation is 1. The lowest BCUT2D eigenvalue weighted by Crippen LogP contribution is -2.02. The first-order valence-electron chi connectivity index (χ1n) is 10.2. The molecule has 6 heteroatoms. The molecular formula is C26H21N3O2S. The minimum atomic E-state index is -0.219. The number of para-hydroxylation sites is 1. The number of imidazole rings is 1. The summed E-state index contributed by atoms with van der Waals surface area (Å²) >= 11 is 5.87. The van der Waals surface area contributed by atoms with Crippen LogP contribution in [0.2, 0.25) is 0 Å². The molecule has 0 saturated heterocycles. The maximum absolute atomic E-state index is 11.4. The highest BCUT2D eigenvalue weighted by Crippen LogP contribution is 2.27. The van der Waals surface area contributed by atoms with Crippen LogP contribution in [0.1, 0.15) is 17.5 Å². The first-order chi connectivity index (χ1) is 15.6. The van der Waals surface area contributed by atoms with Crippen molar-refractivity contribution in [2.24, 2.45) is 0 Å².